The van der Waals surface area contributed by atoms with Gasteiger partial charge < -0.3 is 9.88 Å². The maximum absolute atomic E-state index is 12.3. The fourth-order valence-corrected chi connectivity index (χ4v) is 2.52. The fourth-order valence-electron chi connectivity index (χ4n) is 2.52. The Morgan fingerprint density at radius 2 is 2.21 bits per heavy atom. The molecule has 1 aromatic heterocycles. The molecule has 1 N–H and O–H groups in total. The molecule has 19 heavy (non-hydrogen) atoms. The molecular formula is C15H23N3O. The van der Waals surface area contributed by atoms with Crippen LogP contribution >= 0.6 is 0 Å². The smallest absolute Gasteiger partial charge is 0.272 e. The molecule has 0 bridgehead atoms. The Hall–Kier alpha value is -1.42. The standard InChI is InChI=1S/C15H23N3O/c1-11(2)18-9-8-17-14(15(18)19)10-12(3)13-4-6-16-7-5-13/h4,8-9,11-12,16H,5-7,10H2,1-3H3. The lowest BCUT2D eigenvalue weighted by atomic mass is 9.92. The summed E-state index contributed by atoms with van der Waals surface area (Å²) in [5.74, 6) is 0.394. The van der Waals surface area contributed by atoms with Crippen LogP contribution in [-0.2, 0) is 6.42 Å². The molecule has 1 unspecified atom stereocenters. The van der Waals surface area contributed by atoms with Gasteiger partial charge in [-0.2, -0.15) is 0 Å². The Balaban J connectivity index is 2.17. The molecule has 0 saturated heterocycles. The third-order valence-corrected chi connectivity index (χ3v) is 3.73. The second-order valence-corrected chi connectivity index (χ2v) is 5.52. The predicted molar refractivity (Wildman–Crippen MR) is 77.3 cm³/mol. The Morgan fingerprint density at radius 1 is 1.42 bits per heavy atom. The Bertz CT molecular complexity index is 516. The van der Waals surface area contributed by atoms with Crippen LogP contribution in [0.25, 0.3) is 0 Å². The molecule has 0 amide bonds. The number of aromatic nitrogens is 2. The number of hydrogen-bond donors (Lipinski definition) is 1. The third-order valence-electron chi connectivity index (χ3n) is 3.73. The van der Waals surface area contributed by atoms with E-state index in [1.54, 1.807) is 17.0 Å². The normalized spacial score (nSPS) is 17.4. The first kappa shape index (κ1) is 14.0. The van der Waals surface area contributed by atoms with Crippen molar-refractivity contribution in [1.29, 1.82) is 0 Å². The van der Waals surface area contributed by atoms with E-state index in [1.165, 1.54) is 5.57 Å². The highest BCUT2D eigenvalue weighted by atomic mass is 16.1. The van der Waals surface area contributed by atoms with E-state index in [0.717, 1.165) is 25.9 Å². The molecule has 104 valence electrons. The summed E-state index contributed by atoms with van der Waals surface area (Å²) in [7, 11) is 0. The predicted octanol–water partition coefficient (Wildman–Crippen LogP) is 1.92. The van der Waals surface area contributed by atoms with Crippen molar-refractivity contribution in [2.24, 2.45) is 5.92 Å². The SMILES string of the molecule is CC(Cc1nccn(C(C)C)c1=O)C1=CCNCC1. The summed E-state index contributed by atoms with van der Waals surface area (Å²) in [6.45, 7) is 8.20. The van der Waals surface area contributed by atoms with Gasteiger partial charge in [-0.1, -0.05) is 18.6 Å². The summed E-state index contributed by atoms with van der Waals surface area (Å²) >= 11 is 0. The Labute approximate surface area is 114 Å². The summed E-state index contributed by atoms with van der Waals surface area (Å²) < 4.78 is 1.76. The van der Waals surface area contributed by atoms with Crippen LogP contribution in [0.2, 0.25) is 0 Å². The quantitative estimate of drug-likeness (QED) is 0.842. The van der Waals surface area contributed by atoms with E-state index in [1.807, 2.05) is 13.8 Å². The summed E-state index contributed by atoms with van der Waals surface area (Å²) in [4.78, 5) is 16.6. The molecule has 0 aliphatic carbocycles. The topological polar surface area (TPSA) is 46.9 Å². The van der Waals surface area contributed by atoms with Crippen molar-refractivity contribution in [3.8, 4) is 0 Å². The first-order valence-electron chi connectivity index (χ1n) is 7.05. The van der Waals surface area contributed by atoms with Gasteiger partial charge in [-0.25, -0.2) is 0 Å². The van der Waals surface area contributed by atoms with Crippen molar-refractivity contribution < 1.29 is 0 Å². The van der Waals surface area contributed by atoms with Crippen LogP contribution in [0, 0.1) is 5.92 Å². The maximum Gasteiger partial charge on any atom is 0.272 e. The van der Waals surface area contributed by atoms with Crippen LogP contribution in [0.5, 0.6) is 0 Å². The van der Waals surface area contributed by atoms with Crippen molar-refractivity contribution in [3.05, 3.63) is 40.1 Å². The summed E-state index contributed by atoms with van der Waals surface area (Å²) in [6.07, 6.45) is 7.56. The van der Waals surface area contributed by atoms with Gasteiger partial charge in [-0.15, -0.1) is 0 Å². The molecule has 1 aliphatic rings. The molecule has 0 fully saturated rings. The molecule has 2 rings (SSSR count). The minimum atomic E-state index is 0.0545. The van der Waals surface area contributed by atoms with E-state index < -0.39 is 0 Å². The Morgan fingerprint density at radius 3 is 2.84 bits per heavy atom. The van der Waals surface area contributed by atoms with Gasteiger partial charge in [0.05, 0.1) is 0 Å². The minimum absolute atomic E-state index is 0.0545. The molecule has 1 atom stereocenters. The number of hydrogen-bond acceptors (Lipinski definition) is 3. The second-order valence-electron chi connectivity index (χ2n) is 5.52. The second kappa shape index (κ2) is 6.15. The van der Waals surface area contributed by atoms with Crippen LogP contribution in [-0.4, -0.2) is 22.6 Å². The first-order valence-corrected chi connectivity index (χ1v) is 7.05. The first-order chi connectivity index (χ1) is 9.09. The van der Waals surface area contributed by atoms with Gasteiger partial charge in [-0.05, 0) is 32.7 Å². The minimum Gasteiger partial charge on any atom is -0.313 e. The zero-order chi connectivity index (χ0) is 13.8. The zero-order valence-corrected chi connectivity index (χ0v) is 12.0. The summed E-state index contributed by atoms with van der Waals surface area (Å²) in [5, 5.41) is 3.31. The molecule has 2 heterocycles. The van der Waals surface area contributed by atoms with Gasteiger partial charge in [0, 0.05) is 31.4 Å². The molecule has 4 heteroatoms. The fraction of sp³-hybridized carbons (Fsp3) is 0.600. The van der Waals surface area contributed by atoms with Gasteiger partial charge in [0.15, 0.2) is 0 Å². The van der Waals surface area contributed by atoms with Crippen LogP contribution in [0.3, 0.4) is 0 Å². The van der Waals surface area contributed by atoms with Crippen LogP contribution < -0.4 is 10.9 Å². The van der Waals surface area contributed by atoms with Crippen molar-refractivity contribution in [2.75, 3.05) is 13.1 Å². The highest BCUT2D eigenvalue weighted by Gasteiger charge is 2.15. The van der Waals surface area contributed by atoms with E-state index in [2.05, 4.69) is 23.3 Å². The van der Waals surface area contributed by atoms with Crippen molar-refractivity contribution in [1.82, 2.24) is 14.9 Å². The lowest BCUT2D eigenvalue weighted by Gasteiger charge is -2.20. The van der Waals surface area contributed by atoms with E-state index in [-0.39, 0.29) is 11.6 Å². The summed E-state index contributed by atoms with van der Waals surface area (Å²) in [5.41, 5.74) is 2.18. The van der Waals surface area contributed by atoms with Gasteiger partial charge >= 0.3 is 0 Å². The van der Waals surface area contributed by atoms with Crippen molar-refractivity contribution >= 4 is 0 Å². The van der Waals surface area contributed by atoms with E-state index >= 15 is 0 Å². The molecule has 0 saturated carbocycles. The molecule has 1 aliphatic heterocycles. The highest BCUT2D eigenvalue weighted by molar-refractivity contribution is 5.13. The monoisotopic (exact) mass is 261 g/mol. The van der Waals surface area contributed by atoms with Crippen LogP contribution in [0.15, 0.2) is 28.8 Å². The van der Waals surface area contributed by atoms with E-state index in [9.17, 15) is 4.79 Å². The lowest BCUT2D eigenvalue weighted by molar-refractivity contribution is 0.545. The maximum atomic E-state index is 12.3. The molecule has 1 aromatic rings. The van der Waals surface area contributed by atoms with Crippen molar-refractivity contribution in [2.45, 2.75) is 39.7 Å². The molecule has 0 spiro atoms. The number of nitrogens with one attached hydrogen (secondary N) is 1. The third kappa shape index (κ3) is 3.32. The Kier molecular flexibility index (Phi) is 4.53. The van der Waals surface area contributed by atoms with E-state index in [4.69, 9.17) is 0 Å². The highest BCUT2D eigenvalue weighted by Crippen LogP contribution is 2.19. The molecule has 0 radical (unpaired) electrons. The van der Waals surface area contributed by atoms with Crippen LogP contribution in [0.4, 0.5) is 0 Å². The van der Waals surface area contributed by atoms with Gasteiger partial charge in [0.2, 0.25) is 0 Å². The van der Waals surface area contributed by atoms with Gasteiger partial charge in [0.1, 0.15) is 5.69 Å². The van der Waals surface area contributed by atoms with Gasteiger partial charge in [-0.3, -0.25) is 9.78 Å². The summed E-state index contributed by atoms with van der Waals surface area (Å²) in [6, 6.07) is 0.183. The van der Waals surface area contributed by atoms with Gasteiger partial charge in [0.25, 0.3) is 5.56 Å². The number of nitrogens with zero attached hydrogens (tertiary/aromatic N) is 2. The number of rotatable bonds is 4. The van der Waals surface area contributed by atoms with Crippen LogP contribution in [0.1, 0.15) is 38.9 Å². The van der Waals surface area contributed by atoms with E-state index in [0.29, 0.717) is 11.6 Å². The molecule has 0 aromatic carbocycles. The largest absolute Gasteiger partial charge is 0.313 e. The van der Waals surface area contributed by atoms with Crippen molar-refractivity contribution in [3.63, 3.8) is 0 Å². The lowest BCUT2D eigenvalue weighted by Crippen LogP contribution is -2.28. The average Bonchev–Trinajstić information content (AvgIpc) is 2.41. The average molecular weight is 261 g/mol. The zero-order valence-electron chi connectivity index (χ0n) is 12.0. The molecular weight excluding hydrogens is 238 g/mol. The molecule has 4 nitrogen and oxygen atoms in total.